The molecule has 0 unspecified atom stereocenters. The maximum atomic E-state index is 12.6. The molecule has 0 fully saturated rings. The number of thioether (sulfide) groups is 1. The number of halogens is 3. The highest BCUT2D eigenvalue weighted by molar-refractivity contribution is 8.01. The molecule has 0 saturated heterocycles. The number of hydrogen-bond acceptors (Lipinski definition) is 5. The van der Waals surface area contributed by atoms with Crippen LogP contribution in [0.25, 0.3) is 0 Å². The van der Waals surface area contributed by atoms with Gasteiger partial charge in [-0.1, -0.05) is 16.9 Å². The average Bonchev–Trinajstić information content (AvgIpc) is 2.82. The Labute approximate surface area is 123 Å². The summed E-state index contributed by atoms with van der Waals surface area (Å²) in [6, 6.07) is 0. The van der Waals surface area contributed by atoms with Gasteiger partial charge in [-0.05, 0) is 13.8 Å². The lowest BCUT2D eigenvalue weighted by atomic mass is 10.4. The first-order valence-corrected chi connectivity index (χ1v) is 7.74. The number of thiazole rings is 1. The lowest BCUT2D eigenvalue weighted by Crippen LogP contribution is -1.96. The largest absolute Gasteiger partial charge is 0.393 e. The Morgan fingerprint density at radius 2 is 2.25 bits per heavy atom. The van der Waals surface area contributed by atoms with Gasteiger partial charge < -0.3 is 4.84 Å². The van der Waals surface area contributed by atoms with Crippen molar-refractivity contribution in [2.24, 2.45) is 5.16 Å². The van der Waals surface area contributed by atoms with E-state index in [0.29, 0.717) is 6.42 Å². The molecule has 0 saturated carbocycles. The van der Waals surface area contributed by atoms with Crippen molar-refractivity contribution in [3.63, 3.8) is 0 Å². The SMILES string of the molecule is CC(C)O/N=C/Cc1cnc(SCCC(F)=C(F)F)s1. The molecular formula is C12H15F3N2OS2. The highest BCUT2D eigenvalue weighted by Gasteiger charge is 2.07. The summed E-state index contributed by atoms with van der Waals surface area (Å²) in [5.41, 5.74) is 0. The van der Waals surface area contributed by atoms with Gasteiger partial charge in [0.2, 0.25) is 0 Å². The van der Waals surface area contributed by atoms with Crippen LogP contribution in [-0.2, 0) is 11.3 Å². The Morgan fingerprint density at radius 3 is 2.90 bits per heavy atom. The number of rotatable bonds is 8. The highest BCUT2D eigenvalue weighted by atomic mass is 32.2. The molecule has 0 aliphatic rings. The summed E-state index contributed by atoms with van der Waals surface area (Å²) in [4.78, 5) is 10.1. The lowest BCUT2D eigenvalue weighted by molar-refractivity contribution is 0.0869. The van der Waals surface area contributed by atoms with Gasteiger partial charge in [0.1, 0.15) is 10.4 Å². The topological polar surface area (TPSA) is 34.5 Å². The van der Waals surface area contributed by atoms with Crippen LogP contribution < -0.4 is 0 Å². The number of oxime groups is 1. The summed E-state index contributed by atoms with van der Waals surface area (Å²) < 4.78 is 37.0. The van der Waals surface area contributed by atoms with E-state index in [1.165, 1.54) is 23.1 Å². The van der Waals surface area contributed by atoms with Crippen LogP contribution in [0.1, 0.15) is 25.1 Å². The van der Waals surface area contributed by atoms with Crippen molar-refractivity contribution in [3.05, 3.63) is 23.0 Å². The molecule has 8 heteroatoms. The molecule has 20 heavy (non-hydrogen) atoms. The fourth-order valence-corrected chi connectivity index (χ4v) is 3.05. The minimum Gasteiger partial charge on any atom is -0.393 e. The van der Waals surface area contributed by atoms with Gasteiger partial charge in [-0.25, -0.2) is 9.37 Å². The van der Waals surface area contributed by atoms with Crippen molar-refractivity contribution < 1.29 is 18.0 Å². The first-order chi connectivity index (χ1) is 9.49. The van der Waals surface area contributed by atoms with Crippen molar-refractivity contribution in [3.8, 4) is 0 Å². The fraction of sp³-hybridized carbons (Fsp3) is 0.500. The Kier molecular flexibility index (Phi) is 7.68. The second-order valence-corrected chi connectivity index (χ2v) is 6.46. The molecule has 0 bridgehead atoms. The summed E-state index contributed by atoms with van der Waals surface area (Å²) in [6.07, 6.45) is 1.44. The van der Waals surface area contributed by atoms with E-state index in [9.17, 15) is 13.2 Å². The molecule has 112 valence electrons. The van der Waals surface area contributed by atoms with Gasteiger partial charge in [-0.3, -0.25) is 0 Å². The van der Waals surface area contributed by atoms with Gasteiger partial charge in [0.05, 0.1) is 0 Å². The van der Waals surface area contributed by atoms with Crippen LogP contribution in [0.15, 0.2) is 27.6 Å². The van der Waals surface area contributed by atoms with Gasteiger partial charge >= 0.3 is 6.08 Å². The monoisotopic (exact) mass is 324 g/mol. The lowest BCUT2D eigenvalue weighted by Gasteiger charge is -1.99. The third-order valence-electron chi connectivity index (χ3n) is 1.92. The van der Waals surface area contributed by atoms with Gasteiger partial charge in [0.15, 0.2) is 5.83 Å². The second-order valence-electron chi connectivity index (χ2n) is 4.00. The number of allylic oxidation sites excluding steroid dienone is 1. The fourth-order valence-electron chi connectivity index (χ4n) is 1.07. The van der Waals surface area contributed by atoms with Crippen LogP contribution in [0.5, 0.6) is 0 Å². The zero-order valence-corrected chi connectivity index (χ0v) is 12.7. The van der Waals surface area contributed by atoms with Crippen molar-refractivity contribution in [2.75, 3.05) is 5.75 Å². The van der Waals surface area contributed by atoms with Crippen LogP contribution in [-0.4, -0.2) is 23.1 Å². The van der Waals surface area contributed by atoms with Crippen molar-refractivity contribution >= 4 is 29.3 Å². The maximum absolute atomic E-state index is 12.6. The summed E-state index contributed by atoms with van der Waals surface area (Å²) >= 11 is 2.69. The molecular weight excluding hydrogens is 309 g/mol. The molecule has 1 rings (SSSR count). The van der Waals surface area contributed by atoms with E-state index in [0.717, 1.165) is 9.22 Å². The van der Waals surface area contributed by atoms with Crippen molar-refractivity contribution in [2.45, 2.75) is 37.1 Å². The minimum absolute atomic E-state index is 0.0395. The maximum Gasteiger partial charge on any atom is 0.301 e. The molecule has 1 aromatic heterocycles. The first-order valence-electron chi connectivity index (χ1n) is 5.94. The van der Waals surface area contributed by atoms with Crippen LogP contribution in [0, 0.1) is 0 Å². The molecule has 1 aromatic rings. The van der Waals surface area contributed by atoms with E-state index in [2.05, 4.69) is 10.1 Å². The van der Waals surface area contributed by atoms with Crippen LogP contribution in [0.2, 0.25) is 0 Å². The Morgan fingerprint density at radius 1 is 1.50 bits per heavy atom. The molecule has 0 atom stereocenters. The van der Waals surface area contributed by atoms with Crippen LogP contribution in [0.3, 0.4) is 0 Å². The molecule has 0 amide bonds. The number of nitrogens with zero attached hydrogens (tertiary/aromatic N) is 2. The van der Waals surface area contributed by atoms with Crippen molar-refractivity contribution in [1.82, 2.24) is 4.98 Å². The van der Waals surface area contributed by atoms with Gasteiger partial charge in [0, 0.05) is 35.9 Å². The zero-order chi connectivity index (χ0) is 15.0. The molecule has 0 spiro atoms. The number of hydrogen-bond donors (Lipinski definition) is 0. The average molecular weight is 324 g/mol. The van der Waals surface area contributed by atoms with Crippen LogP contribution in [0.4, 0.5) is 13.2 Å². The van der Waals surface area contributed by atoms with E-state index in [4.69, 9.17) is 4.84 Å². The van der Waals surface area contributed by atoms with E-state index in [1.807, 2.05) is 13.8 Å². The first kappa shape index (κ1) is 17.0. The molecule has 0 radical (unpaired) electrons. The molecule has 0 aromatic carbocycles. The van der Waals surface area contributed by atoms with E-state index in [1.54, 1.807) is 12.4 Å². The molecule has 1 heterocycles. The Hall–Kier alpha value is -1.02. The molecule has 3 nitrogen and oxygen atoms in total. The predicted molar refractivity (Wildman–Crippen MR) is 76.2 cm³/mol. The summed E-state index contributed by atoms with van der Waals surface area (Å²) in [6.45, 7) is 3.76. The normalized spacial score (nSPS) is 11.3. The summed E-state index contributed by atoms with van der Waals surface area (Å²) in [5, 5.41) is 3.79. The predicted octanol–water partition coefficient (Wildman–Crippen LogP) is 4.66. The number of aromatic nitrogens is 1. The van der Waals surface area contributed by atoms with Crippen molar-refractivity contribution in [1.29, 1.82) is 0 Å². The van der Waals surface area contributed by atoms with E-state index < -0.39 is 11.9 Å². The second kappa shape index (κ2) is 9.02. The van der Waals surface area contributed by atoms with Gasteiger partial charge in [-0.15, -0.1) is 11.3 Å². The zero-order valence-electron chi connectivity index (χ0n) is 11.1. The third-order valence-corrected chi connectivity index (χ3v) is 4.10. The third kappa shape index (κ3) is 6.95. The quantitative estimate of drug-likeness (QED) is 0.396. The summed E-state index contributed by atoms with van der Waals surface area (Å²) in [7, 11) is 0. The molecule has 0 aliphatic carbocycles. The standard InChI is InChI=1S/C12H15F3N2OS2/c1-8(2)18-17-5-3-9-7-16-12(20-9)19-6-4-10(13)11(14)15/h5,7-8H,3-4,6H2,1-2H3/b17-5+. The van der Waals surface area contributed by atoms with Gasteiger partial charge in [-0.2, -0.15) is 8.78 Å². The Balaban J connectivity index is 2.33. The van der Waals surface area contributed by atoms with E-state index in [-0.39, 0.29) is 18.3 Å². The Bertz CT molecular complexity index is 471. The minimum atomic E-state index is -2.24. The van der Waals surface area contributed by atoms with Gasteiger partial charge in [0.25, 0.3) is 0 Å². The summed E-state index contributed by atoms with van der Waals surface area (Å²) in [5.74, 6) is -1.12. The van der Waals surface area contributed by atoms with Crippen LogP contribution >= 0.6 is 23.1 Å². The molecule has 0 N–H and O–H groups in total. The molecule has 0 aliphatic heterocycles. The highest BCUT2D eigenvalue weighted by Crippen LogP contribution is 2.26. The van der Waals surface area contributed by atoms with E-state index >= 15 is 0 Å². The smallest absolute Gasteiger partial charge is 0.301 e.